The number of benzene rings is 2. The fraction of sp³-hybridized carbons (Fsp3) is 0.167. The van der Waals surface area contributed by atoms with Gasteiger partial charge in [-0.25, -0.2) is 4.98 Å². The van der Waals surface area contributed by atoms with E-state index in [0.717, 1.165) is 28.1 Å². The molecule has 23 heavy (non-hydrogen) atoms. The van der Waals surface area contributed by atoms with Gasteiger partial charge in [-0.3, -0.25) is 0 Å². The summed E-state index contributed by atoms with van der Waals surface area (Å²) in [5.41, 5.74) is 3.83. The average Bonchev–Trinajstić information content (AvgIpc) is 2.85. The summed E-state index contributed by atoms with van der Waals surface area (Å²) in [7, 11) is 1.94. The number of aromatic nitrogens is 2. The van der Waals surface area contributed by atoms with Gasteiger partial charge in [0, 0.05) is 39.8 Å². The second-order valence-corrected chi connectivity index (χ2v) is 5.33. The Bertz CT molecular complexity index is 814. The van der Waals surface area contributed by atoms with Gasteiger partial charge in [-0.05, 0) is 24.6 Å². The molecule has 0 aliphatic carbocycles. The molecule has 4 nitrogen and oxygen atoms in total. The normalized spacial score (nSPS) is 11.8. The van der Waals surface area contributed by atoms with Crippen molar-refractivity contribution in [3.8, 4) is 0 Å². The van der Waals surface area contributed by atoms with Crippen LogP contribution in [0.4, 0.5) is 5.69 Å². The van der Waals surface area contributed by atoms with Gasteiger partial charge in [0.25, 0.3) is 0 Å². The molecule has 1 atom stereocenters. The summed E-state index contributed by atoms with van der Waals surface area (Å²) in [5.74, 6) is 0.729. The predicted molar refractivity (Wildman–Crippen MR) is 88.2 cm³/mol. The van der Waals surface area contributed by atoms with Crippen molar-refractivity contribution in [2.24, 2.45) is 7.05 Å². The molecule has 3 rings (SSSR count). The first kappa shape index (κ1) is 17.8. The molecule has 0 N–H and O–H groups in total. The largest absolute Gasteiger partial charge is 0.493 e. The van der Waals surface area contributed by atoms with E-state index < -0.39 is 6.04 Å². The molecule has 0 spiro atoms. The molecule has 0 fully saturated rings. The molecule has 0 aliphatic rings. The number of hydrogen-bond acceptors (Lipinski definition) is 2. The third-order valence-electron chi connectivity index (χ3n) is 3.81. The van der Waals surface area contributed by atoms with Crippen molar-refractivity contribution in [2.45, 2.75) is 13.0 Å². The van der Waals surface area contributed by atoms with Crippen LogP contribution in [0.1, 0.15) is 17.4 Å². The van der Waals surface area contributed by atoms with Crippen LogP contribution in [0.2, 0.25) is 0 Å². The van der Waals surface area contributed by atoms with Crippen molar-refractivity contribution in [3.05, 3.63) is 66.8 Å². The molecule has 1 amide bonds. The van der Waals surface area contributed by atoms with Crippen LogP contribution in [0, 0.1) is 13.8 Å². The molecular formula is C18H17N3OY-2. The summed E-state index contributed by atoms with van der Waals surface area (Å²) < 4.78 is 1.97. The molecule has 0 saturated carbocycles. The zero-order chi connectivity index (χ0) is 15.7. The summed E-state index contributed by atoms with van der Waals surface area (Å²) in [6.07, 6.45) is 1.97. The zero-order valence-electron chi connectivity index (χ0n) is 13.2. The molecule has 0 bridgehead atoms. The van der Waals surface area contributed by atoms with Gasteiger partial charge < -0.3 is 21.2 Å². The molecule has 3 aromatic rings. The summed E-state index contributed by atoms with van der Waals surface area (Å²) in [6, 6.07) is 15.0. The Morgan fingerprint density at radius 3 is 2.57 bits per heavy atom. The van der Waals surface area contributed by atoms with E-state index in [1.807, 2.05) is 73.5 Å². The van der Waals surface area contributed by atoms with Crippen LogP contribution in [-0.4, -0.2) is 16.0 Å². The minimum absolute atomic E-state index is 0. The second kappa shape index (κ2) is 7.37. The van der Waals surface area contributed by atoms with Crippen molar-refractivity contribution in [2.75, 3.05) is 4.90 Å². The summed E-state index contributed by atoms with van der Waals surface area (Å²) in [4.78, 5) is 17.5. The molecule has 1 heterocycles. The van der Waals surface area contributed by atoms with Gasteiger partial charge in [-0.1, -0.05) is 30.3 Å². The number of para-hydroxylation sites is 1. The Kier molecular flexibility index (Phi) is 5.71. The molecule has 1 radical (unpaired) electrons. The van der Waals surface area contributed by atoms with Crippen LogP contribution >= 0.6 is 0 Å². The molecule has 5 heteroatoms. The Hall–Kier alpha value is -1.52. The number of aryl methyl sites for hydroxylation is 2. The minimum Gasteiger partial charge on any atom is -0.493 e. The Morgan fingerprint density at radius 2 is 1.91 bits per heavy atom. The van der Waals surface area contributed by atoms with E-state index in [4.69, 9.17) is 0 Å². The maximum absolute atomic E-state index is 11.4. The first-order chi connectivity index (χ1) is 10.6. The summed E-state index contributed by atoms with van der Waals surface area (Å²) in [5, 5.41) is 0. The van der Waals surface area contributed by atoms with E-state index in [9.17, 15) is 4.79 Å². The van der Waals surface area contributed by atoms with Gasteiger partial charge in [0.05, 0.1) is 23.3 Å². The van der Waals surface area contributed by atoms with Gasteiger partial charge in [0.2, 0.25) is 0 Å². The summed E-state index contributed by atoms with van der Waals surface area (Å²) in [6.45, 7) is 6.15. The molecule has 2 aromatic carbocycles. The zero-order valence-corrected chi connectivity index (χ0v) is 16.1. The van der Waals surface area contributed by atoms with E-state index in [1.165, 1.54) is 4.90 Å². The number of rotatable bonds is 4. The summed E-state index contributed by atoms with van der Waals surface area (Å²) >= 11 is 0. The third-order valence-corrected chi connectivity index (χ3v) is 3.81. The van der Waals surface area contributed by atoms with Gasteiger partial charge in [0.15, 0.2) is 0 Å². The maximum Gasteiger partial charge on any atom is 0.0978 e. The van der Waals surface area contributed by atoms with Gasteiger partial charge in [0.1, 0.15) is 0 Å². The maximum atomic E-state index is 11.4. The molecular weight excluding hydrogens is 363 g/mol. The van der Waals surface area contributed by atoms with Gasteiger partial charge in [-0.15, -0.1) is 17.8 Å². The SMILES string of the molecule is [CH2-]C(c1nc2cc(C)ccc2n1C)N([C-]=O)c1ccccc1.[Y]. The van der Waals surface area contributed by atoms with Crippen molar-refractivity contribution in [3.63, 3.8) is 0 Å². The van der Waals surface area contributed by atoms with Crippen LogP contribution in [0.3, 0.4) is 0 Å². The van der Waals surface area contributed by atoms with Crippen LogP contribution in [-0.2, 0) is 44.6 Å². The van der Waals surface area contributed by atoms with E-state index in [-0.39, 0.29) is 32.7 Å². The van der Waals surface area contributed by atoms with Crippen LogP contribution in [0.5, 0.6) is 0 Å². The van der Waals surface area contributed by atoms with E-state index >= 15 is 0 Å². The Balaban J connectivity index is 0.00000192. The van der Waals surface area contributed by atoms with Crippen molar-refractivity contribution in [1.29, 1.82) is 0 Å². The fourth-order valence-corrected chi connectivity index (χ4v) is 2.63. The van der Waals surface area contributed by atoms with Crippen molar-refractivity contribution >= 4 is 23.1 Å². The monoisotopic (exact) mass is 380 g/mol. The first-order valence-corrected chi connectivity index (χ1v) is 7.10. The van der Waals surface area contributed by atoms with E-state index in [1.54, 1.807) is 0 Å². The topological polar surface area (TPSA) is 38.1 Å². The van der Waals surface area contributed by atoms with E-state index in [2.05, 4.69) is 11.9 Å². The number of anilines is 1. The Labute approximate surface area is 161 Å². The molecule has 1 aromatic heterocycles. The van der Waals surface area contributed by atoms with Crippen LogP contribution < -0.4 is 4.90 Å². The fourth-order valence-electron chi connectivity index (χ4n) is 2.63. The molecule has 0 saturated heterocycles. The number of hydrogen-bond donors (Lipinski definition) is 0. The number of nitrogens with zero attached hydrogens (tertiary/aromatic N) is 3. The van der Waals surface area contributed by atoms with Gasteiger partial charge >= 0.3 is 0 Å². The minimum atomic E-state index is -0.447. The third kappa shape index (κ3) is 3.38. The van der Waals surface area contributed by atoms with E-state index in [0.29, 0.717) is 0 Å². The standard InChI is InChI=1S/C18H17N3O.Y/c1-13-9-10-17-16(11-13)19-18(20(17)3)14(2)21(12-22)15-7-5-4-6-8-15;/h4-11,14H,2H2,1,3H3;/q-2;. The van der Waals surface area contributed by atoms with Crippen LogP contribution in [0.25, 0.3) is 11.0 Å². The predicted octanol–water partition coefficient (Wildman–Crippen LogP) is 3.33. The Morgan fingerprint density at radius 1 is 1.22 bits per heavy atom. The van der Waals surface area contributed by atoms with Crippen LogP contribution in [0.15, 0.2) is 48.5 Å². The number of amides is 1. The van der Waals surface area contributed by atoms with Gasteiger partial charge in [-0.2, -0.15) is 0 Å². The quantitative estimate of drug-likeness (QED) is 0.515. The molecule has 0 aliphatic heterocycles. The second-order valence-electron chi connectivity index (χ2n) is 5.33. The number of fused-ring (bicyclic) bond motifs is 1. The molecule has 115 valence electrons. The first-order valence-electron chi connectivity index (χ1n) is 7.10. The number of carbonyl (C=O) groups excluding carboxylic acids is 1. The smallest absolute Gasteiger partial charge is 0.0978 e. The number of imidazole rings is 1. The van der Waals surface area contributed by atoms with Crippen molar-refractivity contribution < 1.29 is 37.5 Å². The molecule has 1 unspecified atom stereocenters. The average molecular weight is 380 g/mol. The van der Waals surface area contributed by atoms with Crippen molar-refractivity contribution in [1.82, 2.24) is 9.55 Å².